The summed E-state index contributed by atoms with van der Waals surface area (Å²) in [6.07, 6.45) is 0. The number of aliphatic hydroxyl groups excluding tert-OH is 2. The molecule has 0 unspecified atom stereocenters. The fraction of sp³-hybridized carbons (Fsp3) is 0.533. The Morgan fingerprint density at radius 2 is 1.73 bits per heavy atom. The Labute approximate surface area is 147 Å². The maximum atomic E-state index is 9.25. The first-order valence-electron chi connectivity index (χ1n) is 7.44. The largest absolute Gasteiger partial charge is 1.00 e. The number of benzene rings is 1. The van der Waals surface area contributed by atoms with Crippen molar-refractivity contribution in [3.8, 4) is 0 Å². The van der Waals surface area contributed by atoms with E-state index in [2.05, 4.69) is 9.88 Å². The van der Waals surface area contributed by atoms with Gasteiger partial charge in [-0.3, -0.25) is 0 Å². The zero-order valence-corrected chi connectivity index (χ0v) is 14.6. The molecule has 0 atom stereocenters. The number of hydrogen-bond acceptors (Lipinski definition) is 5. The van der Waals surface area contributed by atoms with Crippen molar-refractivity contribution < 1.29 is 43.1 Å². The molecule has 0 aliphatic carbocycles. The molecule has 2 N–H and O–H groups in total. The van der Waals surface area contributed by atoms with E-state index in [4.69, 9.17) is 4.42 Å². The summed E-state index contributed by atoms with van der Waals surface area (Å²) in [6.45, 7) is 5.13. The van der Waals surface area contributed by atoms with Crippen LogP contribution in [0.1, 0.15) is 0 Å². The zero-order valence-electron chi connectivity index (χ0n) is 12.5. The van der Waals surface area contributed by atoms with Crippen molar-refractivity contribution >= 4 is 17.1 Å². The minimum absolute atomic E-state index is 0. The number of aliphatic hydroxyl groups is 2. The summed E-state index contributed by atoms with van der Waals surface area (Å²) in [6, 6.07) is 8.44. The number of nitrogens with zero attached hydrogens (tertiary/aromatic N) is 3. The second kappa shape index (κ2) is 7.58. The van der Waals surface area contributed by atoms with Gasteiger partial charge < -0.3 is 48.0 Å². The molecule has 0 bridgehead atoms. The first-order chi connectivity index (χ1) is 10.3. The summed E-state index contributed by atoms with van der Waals surface area (Å²) in [5, 5.41) is 18.5. The molecule has 1 aromatic heterocycles. The smallest absolute Gasteiger partial charge is 0.298 e. The summed E-state index contributed by atoms with van der Waals surface area (Å²) >= 11 is 0. The van der Waals surface area contributed by atoms with Crippen molar-refractivity contribution in [3.63, 3.8) is 0 Å². The van der Waals surface area contributed by atoms with Crippen LogP contribution in [0.2, 0.25) is 0 Å². The quantitative estimate of drug-likeness (QED) is 0.413. The van der Waals surface area contributed by atoms with Gasteiger partial charge in [-0.25, -0.2) is 0 Å². The first-order valence-corrected chi connectivity index (χ1v) is 7.44. The van der Waals surface area contributed by atoms with E-state index in [0.29, 0.717) is 19.1 Å². The van der Waals surface area contributed by atoms with Crippen LogP contribution >= 0.6 is 0 Å². The first kappa shape index (κ1) is 17.5. The van der Waals surface area contributed by atoms with Crippen LogP contribution in [0, 0.1) is 0 Å². The molecule has 2 aromatic rings. The van der Waals surface area contributed by atoms with Crippen LogP contribution in [0.3, 0.4) is 0 Å². The number of oxazole rings is 1. The van der Waals surface area contributed by atoms with Gasteiger partial charge in [0.05, 0.1) is 39.4 Å². The molecule has 1 fully saturated rings. The topological polar surface area (TPSA) is 69.7 Å². The van der Waals surface area contributed by atoms with Crippen molar-refractivity contribution in [2.24, 2.45) is 0 Å². The Morgan fingerprint density at radius 3 is 2.32 bits per heavy atom. The van der Waals surface area contributed by atoms with Crippen LogP contribution in [0.15, 0.2) is 28.7 Å². The van der Waals surface area contributed by atoms with Gasteiger partial charge in [-0.15, -0.1) is 0 Å². The molecule has 122 valence electrons. The highest BCUT2D eigenvalue weighted by Gasteiger charge is 2.33. The van der Waals surface area contributed by atoms with Crippen molar-refractivity contribution in [3.05, 3.63) is 24.3 Å². The fourth-order valence-electron chi connectivity index (χ4n) is 3.06. The monoisotopic (exact) mass is 419 g/mol. The van der Waals surface area contributed by atoms with E-state index in [1.165, 1.54) is 0 Å². The second-order valence-corrected chi connectivity index (χ2v) is 5.63. The van der Waals surface area contributed by atoms with Crippen LogP contribution < -0.4 is 28.9 Å². The average Bonchev–Trinajstić information content (AvgIpc) is 2.92. The standard InChI is InChI=1S/C15H22N3O3.HI/c19-11-9-18(10-12-20)7-5-17(6-8-18)15-16-13-3-1-2-4-14(13)21-15;/h1-4,19-20H,5-12H2;1H/q+1;/p-1. The number of para-hydroxylation sites is 2. The third-order valence-corrected chi connectivity index (χ3v) is 4.39. The molecule has 22 heavy (non-hydrogen) atoms. The summed E-state index contributed by atoms with van der Waals surface area (Å²) in [4.78, 5) is 6.67. The predicted octanol–water partition coefficient (Wildman–Crippen LogP) is -2.55. The van der Waals surface area contributed by atoms with Gasteiger partial charge in [-0.05, 0) is 12.1 Å². The Kier molecular flexibility index (Phi) is 6.01. The minimum Gasteiger partial charge on any atom is -1.00 e. The number of quaternary nitrogens is 1. The van der Waals surface area contributed by atoms with Gasteiger partial charge >= 0.3 is 0 Å². The normalized spacial score (nSPS) is 17.5. The molecule has 1 saturated heterocycles. The summed E-state index contributed by atoms with van der Waals surface area (Å²) in [5.74, 6) is 0. The van der Waals surface area contributed by atoms with Gasteiger partial charge in [0.2, 0.25) is 0 Å². The molecular weight excluding hydrogens is 397 g/mol. The lowest BCUT2D eigenvalue weighted by Gasteiger charge is -2.43. The SMILES string of the molecule is OCC[N+]1(CCO)CCN(c2nc3ccccc3o2)CC1.[I-]. The highest BCUT2D eigenvalue weighted by molar-refractivity contribution is 5.74. The van der Waals surface area contributed by atoms with E-state index in [1.807, 2.05) is 24.3 Å². The molecule has 3 rings (SSSR count). The molecule has 0 radical (unpaired) electrons. The van der Waals surface area contributed by atoms with Crippen LogP contribution in [0.5, 0.6) is 0 Å². The van der Waals surface area contributed by atoms with Crippen LogP contribution in [0.25, 0.3) is 11.1 Å². The Hall–Kier alpha value is -0.900. The second-order valence-electron chi connectivity index (χ2n) is 5.63. The van der Waals surface area contributed by atoms with Gasteiger partial charge in [0.25, 0.3) is 6.01 Å². The van der Waals surface area contributed by atoms with E-state index in [9.17, 15) is 10.2 Å². The number of fused-ring (bicyclic) bond motifs is 1. The van der Waals surface area contributed by atoms with Gasteiger partial charge in [-0.1, -0.05) is 12.1 Å². The highest BCUT2D eigenvalue weighted by Crippen LogP contribution is 2.24. The highest BCUT2D eigenvalue weighted by atomic mass is 127. The zero-order chi connectivity index (χ0) is 14.7. The molecule has 1 aliphatic heterocycles. The fourth-order valence-corrected chi connectivity index (χ4v) is 3.06. The van der Waals surface area contributed by atoms with E-state index in [1.54, 1.807) is 0 Å². The number of rotatable bonds is 5. The van der Waals surface area contributed by atoms with Gasteiger partial charge in [-0.2, -0.15) is 4.98 Å². The van der Waals surface area contributed by atoms with Crippen molar-refractivity contribution in [1.82, 2.24) is 4.98 Å². The molecule has 1 aliphatic rings. The lowest BCUT2D eigenvalue weighted by molar-refractivity contribution is -0.929. The maximum Gasteiger partial charge on any atom is 0.298 e. The van der Waals surface area contributed by atoms with E-state index < -0.39 is 0 Å². The average molecular weight is 419 g/mol. The van der Waals surface area contributed by atoms with Gasteiger partial charge in [0.1, 0.15) is 18.6 Å². The molecule has 6 nitrogen and oxygen atoms in total. The number of piperazine rings is 1. The van der Waals surface area contributed by atoms with Crippen LogP contribution in [-0.4, -0.2) is 72.2 Å². The lowest BCUT2D eigenvalue weighted by atomic mass is 10.2. The van der Waals surface area contributed by atoms with Crippen molar-refractivity contribution in [2.75, 3.05) is 57.4 Å². The minimum atomic E-state index is 0. The number of anilines is 1. The van der Waals surface area contributed by atoms with E-state index in [0.717, 1.165) is 41.8 Å². The summed E-state index contributed by atoms with van der Waals surface area (Å²) in [7, 11) is 0. The Balaban J connectivity index is 0.00000176. The van der Waals surface area contributed by atoms with Crippen LogP contribution in [-0.2, 0) is 0 Å². The van der Waals surface area contributed by atoms with E-state index >= 15 is 0 Å². The third kappa shape index (κ3) is 3.53. The molecule has 0 amide bonds. The van der Waals surface area contributed by atoms with Gasteiger partial charge in [0, 0.05) is 0 Å². The summed E-state index contributed by atoms with van der Waals surface area (Å²) in [5.41, 5.74) is 1.69. The molecule has 2 heterocycles. The Morgan fingerprint density at radius 1 is 1.09 bits per heavy atom. The predicted molar refractivity (Wildman–Crippen MR) is 80.1 cm³/mol. The summed E-state index contributed by atoms with van der Waals surface area (Å²) < 4.78 is 6.57. The lowest BCUT2D eigenvalue weighted by Crippen LogP contribution is -3.00. The molecular formula is C15H22IN3O3. The number of hydrogen-bond donors (Lipinski definition) is 2. The van der Waals surface area contributed by atoms with Gasteiger partial charge in [0.15, 0.2) is 5.58 Å². The van der Waals surface area contributed by atoms with Crippen LogP contribution in [0.4, 0.5) is 6.01 Å². The number of halogens is 1. The molecule has 1 aromatic carbocycles. The Bertz CT molecular complexity index is 555. The van der Waals surface area contributed by atoms with Crippen molar-refractivity contribution in [2.45, 2.75) is 0 Å². The molecule has 0 saturated carbocycles. The third-order valence-electron chi connectivity index (χ3n) is 4.39. The number of aromatic nitrogens is 1. The molecule has 7 heteroatoms. The molecule has 0 spiro atoms. The van der Waals surface area contributed by atoms with Crippen molar-refractivity contribution in [1.29, 1.82) is 0 Å². The maximum absolute atomic E-state index is 9.25. The van der Waals surface area contributed by atoms with E-state index in [-0.39, 0.29) is 37.2 Å².